The number of ether oxygens (including phenoxy) is 4. The van der Waals surface area contributed by atoms with Gasteiger partial charge in [-0.05, 0) is 0 Å². The summed E-state index contributed by atoms with van der Waals surface area (Å²) >= 11 is 0. The van der Waals surface area contributed by atoms with Gasteiger partial charge in [0.15, 0.2) is 12.2 Å². The van der Waals surface area contributed by atoms with Crippen molar-refractivity contribution in [2.24, 2.45) is 9.98 Å². The Hall–Kier alpha value is -2.38. The van der Waals surface area contributed by atoms with Gasteiger partial charge >= 0.3 is 11.9 Å². The second-order valence-electron chi connectivity index (χ2n) is 5.10. The van der Waals surface area contributed by atoms with E-state index in [0.717, 1.165) is 0 Å². The third kappa shape index (κ3) is 4.81. The second kappa shape index (κ2) is 9.05. The minimum atomic E-state index is -0.605. The second-order valence-corrected chi connectivity index (χ2v) is 5.10. The summed E-state index contributed by atoms with van der Waals surface area (Å²) in [6, 6.07) is 0. The molecule has 24 heavy (non-hydrogen) atoms. The summed E-state index contributed by atoms with van der Waals surface area (Å²) in [5.74, 6) is -1.06. The lowest BCUT2D eigenvalue weighted by molar-refractivity contribution is -0.155. The number of rotatable bonds is 8. The topological polar surface area (TPSA) is 130 Å². The molecule has 0 saturated carbocycles. The molecule has 2 fully saturated rings. The number of carbonyl (C=O) groups is 2. The minimum absolute atomic E-state index is 0.00830. The number of hydrogen-bond donors (Lipinski definition) is 0. The molecule has 10 heteroatoms. The zero-order chi connectivity index (χ0) is 17.4. The van der Waals surface area contributed by atoms with Gasteiger partial charge in [0, 0.05) is 0 Å². The lowest BCUT2D eigenvalue weighted by Gasteiger charge is -2.17. The maximum atomic E-state index is 11.6. The van der Waals surface area contributed by atoms with E-state index in [9.17, 15) is 19.2 Å². The number of aliphatic imine (C=N–C) groups is 2. The first-order valence-electron chi connectivity index (χ1n) is 7.35. The molecule has 0 spiro atoms. The van der Waals surface area contributed by atoms with E-state index in [1.54, 1.807) is 0 Å². The lowest BCUT2D eigenvalue weighted by Crippen LogP contribution is -2.36. The van der Waals surface area contributed by atoms with Crippen LogP contribution in [0, 0.1) is 0 Å². The minimum Gasteiger partial charge on any atom is -0.457 e. The van der Waals surface area contributed by atoms with Gasteiger partial charge in [-0.1, -0.05) is 0 Å². The van der Waals surface area contributed by atoms with Gasteiger partial charge in [0.2, 0.25) is 12.2 Å². The summed E-state index contributed by atoms with van der Waals surface area (Å²) in [6.07, 6.45) is 0.340. The van der Waals surface area contributed by atoms with Crippen molar-refractivity contribution in [2.45, 2.75) is 37.3 Å². The van der Waals surface area contributed by atoms with Gasteiger partial charge in [-0.25, -0.2) is 19.6 Å². The van der Waals surface area contributed by atoms with Crippen LogP contribution in [-0.4, -0.2) is 74.8 Å². The molecule has 0 aromatic heterocycles. The van der Waals surface area contributed by atoms with E-state index in [0.29, 0.717) is 0 Å². The van der Waals surface area contributed by atoms with Gasteiger partial charge in [-0.3, -0.25) is 9.59 Å². The molecule has 2 aliphatic heterocycles. The molecular weight excluding hydrogens is 324 g/mol. The van der Waals surface area contributed by atoms with Crippen LogP contribution in [0.2, 0.25) is 0 Å². The van der Waals surface area contributed by atoms with Crippen molar-refractivity contribution in [3.05, 3.63) is 0 Å². The van der Waals surface area contributed by atoms with Crippen molar-refractivity contribution in [1.29, 1.82) is 0 Å². The largest absolute Gasteiger partial charge is 0.457 e. The van der Waals surface area contributed by atoms with Crippen LogP contribution in [-0.2, 0) is 38.1 Å². The Kier molecular flexibility index (Phi) is 6.77. The maximum Gasteiger partial charge on any atom is 0.308 e. The van der Waals surface area contributed by atoms with Crippen LogP contribution in [0.5, 0.6) is 0 Å². The molecule has 0 bridgehead atoms. The third-order valence-electron chi connectivity index (χ3n) is 3.51. The van der Waals surface area contributed by atoms with Crippen molar-refractivity contribution in [3.8, 4) is 0 Å². The highest BCUT2D eigenvalue weighted by Crippen LogP contribution is 2.30. The highest BCUT2D eigenvalue weighted by atomic mass is 16.7. The van der Waals surface area contributed by atoms with Crippen molar-refractivity contribution in [2.75, 3.05) is 26.3 Å². The number of isocyanates is 2. The van der Waals surface area contributed by atoms with Gasteiger partial charge in [-0.2, -0.15) is 0 Å². The van der Waals surface area contributed by atoms with Gasteiger partial charge in [0.25, 0.3) is 0 Å². The van der Waals surface area contributed by atoms with Gasteiger partial charge in [0.1, 0.15) is 12.2 Å². The number of nitrogens with zero attached hydrogens (tertiary/aromatic N) is 2. The molecule has 0 amide bonds. The van der Waals surface area contributed by atoms with Crippen LogP contribution in [0.1, 0.15) is 12.8 Å². The zero-order valence-corrected chi connectivity index (χ0v) is 12.7. The maximum absolute atomic E-state index is 11.6. The molecule has 0 radical (unpaired) electrons. The summed E-state index contributed by atoms with van der Waals surface area (Å²) in [7, 11) is 0. The van der Waals surface area contributed by atoms with Crippen LogP contribution in [0.4, 0.5) is 0 Å². The average Bonchev–Trinajstić information content (AvgIpc) is 3.12. The van der Waals surface area contributed by atoms with Crippen LogP contribution in [0.25, 0.3) is 0 Å². The first-order chi connectivity index (χ1) is 11.7. The van der Waals surface area contributed by atoms with E-state index in [1.165, 1.54) is 12.2 Å². The Morgan fingerprint density at radius 2 is 1.29 bits per heavy atom. The lowest BCUT2D eigenvalue weighted by atomic mass is 10.1. The highest BCUT2D eigenvalue weighted by molar-refractivity contribution is 5.70. The summed E-state index contributed by atoms with van der Waals surface area (Å²) in [5.41, 5.74) is 0. The first-order valence-corrected chi connectivity index (χ1v) is 7.35. The molecule has 130 valence electrons. The Balaban J connectivity index is 1.78. The third-order valence-corrected chi connectivity index (χ3v) is 3.51. The summed E-state index contributed by atoms with van der Waals surface area (Å²) in [5, 5.41) is 0. The molecule has 2 aliphatic rings. The first kappa shape index (κ1) is 18.0. The van der Waals surface area contributed by atoms with Crippen LogP contribution in [0.3, 0.4) is 0 Å². The zero-order valence-electron chi connectivity index (χ0n) is 12.7. The van der Waals surface area contributed by atoms with Crippen molar-refractivity contribution >= 4 is 24.1 Å². The van der Waals surface area contributed by atoms with E-state index in [2.05, 4.69) is 9.98 Å². The Morgan fingerprint density at radius 3 is 1.67 bits per heavy atom. The molecule has 10 nitrogen and oxygen atoms in total. The number of fused-ring (bicyclic) bond motifs is 1. The fourth-order valence-corrected chi connectivity index (χ4v) is 2.47. The Morgan fingerprint density at radius 1 is 0.875 bits per heavy atom. The molecule has 0 aromatic rings. The molecule has 4 unspecified atom stereocenters. The molecule has 0 N–H and O–H groups in total. The van der Waals surface area contributed by atoms with E-state index >= 15 is 0 Å². The normalized spacial score (nSPS) is 27.5. The van der Waals surface area contributed by atoms with Gasteiger partial charge < -0.3 is 18.9 Å². The van der Waals surface area contributed by atoms with Gasteiger partial charge in [0.05, 0.1) is 39.1 Å². The summed E-state index contributed by atoms with van der Waals surface area (Å²) < 4.78 is 21.5. The van der Waals surface area contributed by atoms with Crippen molar-refractivity contribution in [3.63, 3.8) is 0 Å². The SMILES string of the molecule is O=C=NCCC(=O)OC1COC2C(OC(=O)CCN=C=O)COC12. The van der Waals surface area contributed by atoms with Crippen LogP contribution < -0.4 is 0 Å². The number of carbonyl (C=O) groups excluding carboxylic acids is 4. The molecule has 4 atom stereocenters. The Bertz CT molecular complexity index is 517. The van der Waals surface area contributed by atoms with Crippen LogP contribution in [0.15, 0.2) is 9.98 Å². The van der Waals surface area contributed by atoms with E-state index < -0.39 is 36.4 Å². The smallest absolute Gasteiger partial charge is 0.308 e. The predicted octanol–water partition coefficient (Wildman–Crippen LogP) is -0.941. The number of hydrogen-bond acceptors (Lipinski definition) is 10. The summed E-state index contributed by atoms with van der Waals surface area (Å²) in [4.78, 5) is 49.7. The summed E-state index contributed by atoms with van der Waals surface area (Å²) in [6.45, 7) is 0.270. The number of esters is 2. The molecular formula is C14H16N2O8. The Labute approximate surface area is 136 Å². The highest BCUT2D eigenvalue weighted by Gasteiger charge is 2.51. The quantitative estimate of drug-likeness (QED) is 0.314. The molecule has 2 rings (SSSR count). The molecule has 0 aromatic carbocycles. The van der Waals surface area contributed by atoms with E-state index in [1.807, 2.05) is 0 Å². The standard InChI is InChI=1S/C14H16N2O8/c17-7-15-3-1-11(19)23-9-5-21-14-10(6-22-13(9)14)24-12(20)2-4-16-8-18/h9-10,13-14H,1-6H2. The van der Waals surface area contributed by atoms with E-state index in [4.69, 9.17) is 18.9 Å². The predicted molar refractivity (Wildman–Crippen MR) is 74.5 cm³/mol. The fourth-order valence-electron chi connectivity index (χ4n) is 2.47. The van der Waals surface area contributed by atoms with Crippen molar-refractivity contribution < 1.29 is 38.1 Å². The molecule has 0 aliphatic carbocycles. The molecule has 2 saturated heterocycles. The van der Waals surface area contributed by atoms with Crippen molar-refractivity contribution in [1.82, 2.24) is 0 Å². The monoisotopic (exact) mass is 340 g/mol. The van der Waals surface area contributed by atoms with Gasteiger partial charge in [-0.15, -0.1) is 0 Å². The fraction of sp³-hybridized carbons (Fsp3) is 0.714. The average molecular weight is 340 g/mol. The van der Waals surface area contributed by atoms with E-state index in [-0.39, 0.29) is 39.1 Å². The molecule has 2 heterocycles. The van der Waals surface area contributed by atoms with Crippen LogP contribution >= 0.6 is 0 Å².